The average Bonchev–Trinajstić information content (AvgIpc) is 3.69. The number of carbonyl (C=O) groups is 1. The zero-order valence-corrected chi connectivity index (χ0v) is 27.5. The lowest BCUT2D eigenvalue weighted by Gasteiger charge is -2.39. The molecule has 3 aliphatic rings. The third kappa shape index (κ3) is 6.48. The third-order valence-corrected chi connectivity index (χ3v) is 10.9. The highest BCUT2D eigenvalue weighted by molar-refractivity contribution is 7.90. The number of halogens is 2. The predicted molar refractivity (Wildman–Crippen MR) is 179 cm³/mol. The topological polar surface area (TPSA) is 123 Å². The van der Waals surface area contributed by atoms with Gasteiger partial charge in [-0.3, -0.25) is 4.79 Å². The second-order valence-electron chi connectivity index (χ2n) is 13.3. The van der Waals surface area contributed by atoms with E-state index in [1.54, 1.807) is 42.5 Å². The van der Waals surface area contributed by atoms with Crippen LogP contribution < -0.4 is 15.4 Å². The van der Waals surface area contributed by atoms with Crippen LogP contribution in [0.25, 0.3) is 0 Å². The van der Waals surface area contributed by atoms with Crippen LogP contribution in [0.15, 0.2) is 78.1 Å². The Morgan fingerprint density at radius 2 is 1.89 bits per heavy atom. The highest BCUT2D eigenvalue weighted by Gasteiger charge is 2.47. The maximum absolute atomic E-state index is 15.5. The van der Waals surface area contributed by atoms with E-state index in [1.807, 2.05) is 43.9 Å². The predicted octanol–water partition coefficient (Wildman–Crippen LogP) is 6.16. The van der Waals surface area contributed by atoms with Gasteiger partial charge in [-0.25, -0.2) is 4.39 Å². The first kappa shape index (κ1) is 32.4. The fourth-order valence-electron chi connectivity index (χ4n) is 6.37. The molecule has 1 aliphatic carbocycles. The Kier molecular flexibility index (Phi) is 8.83. The minimum absolute atomic E-state index is 0.0164. The van der Waals surface area contributed by atoms with Crippen molar-refractivity contribution in [3.05, 3.63) is 106 Å². The van der Waals surface area contributed by atoms with Crippen LogP contribution in [0.2, 0.25) is 5.02 Å². The number of benzene rings is 3. The van der Waals surface area contributed by atoms with Crippen LogP contribution in [0.1, 0.15) is 63.1 Å². The number of nitrogens with one attached hydrogen (secondary N) is 3. The fraction of sp³-hybridized carbons (Fsp3) is 0.371. The van der Waals surface area contributed by atoms with Gasteiger partial charge < -0.3 is 25.2 Å². The smallest absolute Gasteiger partial charge is 0.247 e. The van der Waals surface area contributed by atoms with E-state index in [1.165, 1.54) is 6.07 Å². The number of carbonyl (C=O) groups excluding carboxylic acids is 1. The van der Waals surface area contributed by atoms with Crippen LogP contribution in [0.4, 0.5) is 15.8 Å². The first-order chi connectivity index (χ1) is 21.9. The summed E-state index contributed by atoms with van der Waals surface area (Å²) in [4.78, 5) is 15.8. The van der Waals surface area contributed by atoms with E-state index in [0.717, 1.165) is 29.1 Å². The van der Waals surface area contributed by atoms with Crippen molar-refractivity contribution < 1.29 is 18.8 Å². The first-order valence-electron chi connectivity index (χ1n) is 15.4. The number of amides is 1. The number of allylic oxidation sites excluding steroid dienone is 1. The highest BCUT2D eigenvalue weighted by Crippen LogP contribution is 2.49. The zero-order valence-electron chi connectivity index (χ0n) is 25.9. The largest absolute Gasteiger partial charge is 0.598 e. The molecule has 2 bridgehead atoms. The first-order valence-corrected chi connectivity index (χ1v) is 16.9. The molecule has 1 saturated carbocycles. The Morgan fingerprint density at radius 1 is 1.15 bits per heavy atom. The number of aliphatic hydroxyl groups is 1. The number of hydrogen-bond donors (Lipinski definition) is 4. The molecule has 2 heterocycles. The lowest BCUT2D eigenvalue weighted by atomic mass is 9.78. The number of nitriles is 1. The molecule has 0 radical (unpaired) electrons. The van der Waals surface area contributed by atoms with Crippen LogP contribution in [0, 0.1) is 23.1 Å². The van der Waals surface area contributed by atoms with Crippen LogP contribution in [-0.4, -0.2) is 43.9 Å². The van der Waals surface area contributed by atoms with E-state index in [-0.39, 0.29) is 24.6 Å². The Hall–Kier alpha value is -3.59. The maximum Gasteiger partial charge on any atom is 0.247 e. The second kappa shape index (κ2) is 12.5. The summed E-state index contributed by atoms with van der Waals surface area (Å²) in [6, 6.07) is 20.5. The highest BCUT2D eigenvalue weighted by atomic mass is 35.5. The van der Waals surface area contributed by atoms with Gasteiger partial charge in [0.15, 0.2) is 0 Å². The van der Waals surface area contributed by atoms with Crippen molar-refractivity contribution in [2.75, 3.05) is 17.2 Å². The van der Waals surface area contributed by atoms with Gasteiger partial charge in [-0.1, -0.05) is 29.8 Å². The van der Waals surface area contributed by atoms with Crippen LogP contribution in [-0.2, 0) is 21.7 Å². The number of nitrogens with zero attached hydrogens (tertiary/aromatic N) is 2. The minimum atomic E-state index is -1.56. The summed E-state index contributed by atoms with van der Waals surface area (Å²) < 4.78 is 32.1. The van der Waals surface area contributed by atoms with Gasteiger partial charge in [-0.05, 0) is 111 Å². The molecule has 1 amide bonds. The number of hydrogen-bond acceptors (Lipinski definition) is 7. The summed E-state index contributed by atoms with van der Waals surface area (Å²) in [7, 11) is 0. The van der Waals surface area contributed by atoms with Gasteiger partial charge in [0.05, 0.1) is 23.4 Å². The normalized spacial score (nSPS) is 26.8. The lowest BCUT2D eigenvalue weighted by Crippen LogP contribution is -2.52. The zero-order chi connectivity index (χ0) is 32.8. The molecule has 0 spiro atoms. The average molecular weight is 662 g/mol. The second-order valence-corrected chi connectivity index (χ2v) is 15.7. The standard InChI is InChI=1S/C35H37ClFN5O3S/c1-34(2,3)46(45)41-35(23-6-4-5-21(15-23)19-38)14-13-22-16-28(22)32(39-26-10-8-25(36)9-11-26)42-20-27(43)18-31(42)33(44)40-30-17-24(35)7-12-29(30)37/h4-12,15,17,22,27,31,39,41,43H,13-14,16,18,20H2,1-3H3,(H,40,44)/b32-28-/t22?,27-,31-,35?,46?/m1/s1. The van der Waals surface area contributed by atoms with E-state index in [2.05, 4.69) is 21.4 Å². The van der Waals surface area contributed by atoms with E-state index in [0.29, 0.717) is 29.0 Å². The molecule has 6 rings (SSSR count). The summed E-state index contributed by atoms with van der Waals surface area (Å²) in [5.41, 5.74) is 2.57. The molecule has 0 aromatic heterocycles. The Labute approximate surface area is 276 Å². The van der Waals surface area contributed by atoms with Crippen molar-refractivity contribution in [3.8, 4) is 6.07 Å². The molecule has 240 valence electrons. The summed E-state index contributed by atoms with van der Waals surface area (Å²) >= 11 is 4.58. The SMILES string of the molecule is CC(C)(C)[S+]([O-])NC1(c2cccc(C#N)c2)CCC2C/C2=C(\Nc2ccc(Cl)cc2)N2C[C@H](O)C[C@@H]2C(=O)Nc2cc1ccc2F. The van der Waals surface area contributed by atoms with E-state index in [4.69, 9.17) is 11.6 Å². The molecule has 2 fully saturated rings. The molecule has 3 unspecified atom stereocenters. The van der Waals surface area contributed by atoms with Crippen molar-refractivity contribution in [3.63, 3.8) is 0 Å². The van der Waals surface area contributed by atoms with E-state index in [9.17, 15) is 19.7 Å². The minimum Gasteiger partial charge on any atom is -0.598 e. The number of rotatable bonds is 5. The van der Waals surface area contributed by atoms with Gasteiger partial charge >= 0.3 is 0 Å². The lowest BCUT2D eigenvalue weighted by molar-refractivity contribution is -0.119. The summed E-state index contributed by atoms with van der Waals surface area (Å²) in [6.07, 6.45) is 1.35. The molecule has 1 saturated heterocycles. The van der Waals surface area contributed by atoms with Crippen molar-refractivity contribution in [2.24, 2.45) is 5.92 Å². The van der Waals surface area contributed by atoms with Gasteiger partial charge in [0.2, 0.25) is 5.91 Å². The van der Waals surface area contributed by atoms with Crippen LogP contribution >= 0.6 is 11.6 Å². The van der Waals surface area contributed by atoms with Gasteiger partial charge in [0, 0.05) is 35.0 Å². The van der Waals surface area contributed by atoms with E-state index >= 15 is 4.39 Å². The van der Waals surface area contributed by atoms with Crippen LogP contribution in [0.3, 0.4) is 0 Å². The molecule has 46 heavy (non-hydrogen) atoms. The third-order valence-electron chi connectivity index (χ3n) is 8.97. The summed E-state index contributed by atoms with van der Waals surface area (Å²) in [6.45, 7) is 5.88. The van der Waals surface area contributed by atoms with E-state index < -0.39 is 45.5 Å². The Balaban J connectivity index is 1.51. The van der Waals surface area contributed by atoms with Gasteiger partial charge in [0.1, 0.15) is 28.0 Å². The Bertz CT molecular complexity index is 1720. The maximum atomic E-state index is 15.5. The van der Waals surface area contributed by atoms with Gasteiger partial charge in [-0.15, -0.1) is 4.72 Å². The summed E-state index contributed by atoms with van der Waals surface area (Å²) in [5, 5.41) is 27.4. The molecule has 8 nitrogen and oxygen atoms in total. The van der Waals surface area contributed by atoms with Gasteiger partial charge in [-0.2, -0.15) is 5.26 Å². The number of anilines is 2. The van der Waals surface area contributed by atoms with Crippen molar-refractivity contribution >= 4 is 40.2 Å². The van der Waals surface area contributed by atoms with Crippen LogP contribution in [0.5, 0.6) is 0 Å². The molecule has 5 atom stereocenters. The van der Waals surface area contributed by atoms with Crippen molar-refractivity contribution in [2.45, 2.75) is 68.9 Å². The molecule has 2 aliphatic heterocycles. The molecule has 3 aromatic rings. The summed E-state index contributed by atoms with van der Waals surface area (Å²) in [5.74, 6) is -0.183. The molecule has 4 N–H and O–H groups in total. The number of aliphatic hydroxyl groups excluding tert-OH is 1. The van der Waals surface area contributed by atoms with Gasteiger partial charge in [0.25, 0.3) is 0 Å². The number of fused-ring (bicyclic) bond motifs is 4. The fourth-order valence-corrected chi connectivity index (χ4v) is 7.46. The van der Waals surface area contributed by atoms with Crippen molar-refractivity contribution in [1.29, 1.82) is 5.26 Å². The molecule has 11 heteroatoms. The Morgan fingerprint density at radius 3 is 2.61 bits per heavy atom. The molecular weight excluding hydrogens is 625 g/mol. The molecule has 3 aromatic carbocycles. The van der Waals surface area contributed by atoms with Crippen molar-refractivity contribution in [1.82, 2.24) is 9.62 Å². The molecular formula is C35H37ClFN5O3S. The monoisotopic (exact) mass is 661 g/mol. The quantitative estimate of drug-likeness (QED) is 0.242.